The molecule has 1 heterocycles. The van der Waals surface area contributed by atoms with E-state index in [0.29, 0.717) is 28.8 Å². The minimum atomic E-state index is -0.430. The van der Waals surface area contributed by atoms with Crippen LogP contribution in [0.15, 0.2) is 36.4 Å². The second-order valence-electron chi connectivity index (χ2n) is 7.15. The van der Waals surface area contributed by atoms with Gasteiger partial charge in [0.2, 0.25) is 0 Å². The normalized spacial score (nSPS) is 14.7. The van der Waals surface area contributed by atoms with Crippen molar-refractivity contribution in [1.82, 2.24) is 9.80 Å². The van der Waals surface area contributed by atoms with Crippen LogP contribution >= 0.6 is 23.2 Å². The van der Waals surface area contributed by atoms with E-state index in [-0.39, 0.29) is 23.7 Å². The van der Waals surface area contributed by atoms with Crippen LogP contribution in [-0.2, 0) is 6.54 Å². The van der Waals surface area contributed by atoms with Gasteiger partial charge in [0.15, 0.2) is 0 Å². The summed E-state index contributed by atoms with van der Waals surface area (Å²) in [5, 5.41) is 12.6. The molecule has 3 rings (SSSR count). The summed E-state index contributed by atoms with van der Waals surface area (Å²) in [5.74, 6) is -0.316. The molecule has 0 saturated carbocycles. The van der Waals surface area contributed by atoms with Crippen molar-refractivity contribution in [2.24, 2.45) is 0 Å². The summed E-state index contributed by atoms with van der Waals surface area (Å²) in [6.45, 7) is 3.35. The predicted molar refractivity (Wildman–Crippen MR) is 115 cm³/mol. The third-order valence-corrected chi connectivity index (χ3v) is 5.62. The van der Waals surface area contributed by atoms with Gasteiger partial charge < -0.3 is 14.7 Å². The molecule has 7 nitrogen and oxygen atoms in total. The molecular weight excluding hydrogens is 415 g/mol. The summed E-state index contributed by atoms with van der Waals surface area (Å²) in [7, 11) is 3.66. The minimum Gasteiger partial charge on any atom is -0.363 e. The highest BCUT2D eigenvalue weighted by molar-refractivity contribution is 6.35. The second-order valence-corrected chi connectivity index (χ2v) is 7.99. The Hall–Kier alpha value is -2.35. The van der Waals surface area contributed by atoms with Crippen LogP contribution in [0.1, 0.15) is 15.9 Å². The van der Waals surface area contributed by atoms with Gasteiger partial charge in [0.05, 0.1) is 4.92 Å². The summed E-state index contributed by atoms with van der Waals surface area (Å²) >= 11 is 12.1. The molecule has 1 fully saturated rings. The molecule has 9 heteroatoms. The van der Waals surface area contributed by atoms with Crippen molar-refractivity contribution in [2.45, 2.75) is 6.54 Å². The van der Waals surface area contributed by atoms with Crippen molar-refractivity contribution in [1.29, 1.82) is 0 Å². The van der Waals surface area contributed by atoms with Crippen LogP contribution in [0.4, 0.5) is 11.4 Å². The monoisotopic (exact) mass is 436 g/mol. The highest BCUT2D eigenvalue weighted by atomic mass is 35.5. The molecule has 0 spiro atoms. The molecule has 1 aliphatic heterocycles. The molecule has 2 aromatic rings. The van der Waals surface area contributed by atoms with E-state index in [2.05, 4.69) is 4.90 Å². The fourth-order valence-electron chi connectivity index (χ4n) is 3.32. The van der Waals surface area contributed by atoms with Gasteiger partial charge in [0, 0.05) is 61.4 Å². The zero-order chi connectivity index (χ0) is 21.1. The number of hydrogen-bond acceptors (Lipinski definition) is 5. The zero-order valence-electron chi connectivity index (χ0n) is 16.3. The lowest BCUT2D eigenvalue weighted by atomic mass is 10.1. The molecule has 0 radical (unpaired) electrons. The maximum atomic E-state index is 12.8. The van der Waals surface area contributed by atoms with Crippen molar-refractivity contribution in [3.05, 3.63) is 67.7 Å². The van der Waals surface area contributed by atoms with E-state index in [1.807, 2.05) is 11.9 Å². The third-order valence-electron chi connectivity index (χ3n) is 5.03. The standard InChI is InChI=1S/C20H22Cl2N4O3/c1-23-7-9-25(10-8-23)18-6-4-14(11-19(18)26(28)29)20(27)24(2)13-15-3-5-16(21)12-17(15)22/h3-6,11-12H,7-10,13H2,1-2H3. The van der Waals surface area contributed by atoms with Gasteiger partial charge in [-0.3, -0.25) is 14.9 Å². The fourth-order valence-corrected chi connectivity index (χ4v) is 3.78. The molecule has 1 aliphatic rings. The highest BCUT2D eigenvalue weighted by Crippen LogP contribution is 2.31. The molecule has 0 unspecified atom stereocenters. The van der Waals surface area contributed by atoms with E-state index < -0.39 is 4.92 Å². The van der Waals surface area contributed by atoms with Crippen LogP contribution in [0.3, 0.4) is 0 Å². The Morgan fingerprint density at radius 2 is 1.83 bits per heavy atom. The molecule has 29 heavy (non-hydrogen) atoms. The number of nitro groups is 1. The number of carbonyl (C=O) groups is 1. The Bertz CT molecular complexity index is 930. The van der Waals surface area contributed by atoms with Crippen LogP contribution in [-0.4, -0.2) is 60.9 Å². The van der Waals surface area contributed by atoms with Crippen molar-refractivity contribution < 1.29 is 9.72 Å². The highest BCUT2D eigenvalue weighted by Gasteiger charge is 2.25. The lowest BCUT2D eigenvalue weighted by molar-refractivity contribution is -0.384. The number of hydrogen-bond donors (Lipinski definition) is 0. The van der Waals surface area contributed by atoms with Gasteiger partial charge in [-0.2, -0.15) is 0 Å². The van der Waals surface area contributed by atoms with Crippen LogP contribution in [0, 0.1) is 10.1 Å². The Kier molecular flexibility index (Phi) is 6.62. The molecule has 1 saturated heterocycles. The fraction of sp³-hybridized carbons (Fsp3) is 0.350. The average Bonchev–Trinajstić information content (AvgIpc) is 2.69. The Morgan fingerprint density at radius 1 is 1.14 bits per heavy atom. The summed E-state index contributed by atoms with van der Waals surface area (Å²) in [5.41, 5.74) is 1.50. The number of halogens is 2. The minimum absolute atomic E-state index is 0.0571. The second kappa shape index (κ2) is 8.98. The summed E-state index contributed by atoms with van der Waals surface area (Å²) in [4.78, 5) is 29.7. The molecule has 0 aromatic heterocycles. The van der Waals surface area contributed by atoms with E-state index in [9.17, 15) is 14.9 Å². The first-order valence-corrected chi connectivity index (χ1v) is 9.93. The number of nitrogens with zero attached hydrogens (tertiary/aromatic N) is 4. The van der Waals surface area contributed by atoms with Crippen LogP contribution in [0.25, 0.3) is 0 Å². The number of anilines is 1. The topological polar surface area (TPSA) is 69.9 Å². The Labute approximate surface area is 179 Å². The molecule has 0 atom stereocenters. The van der Waals surface area contributed by atoms with Crippen molar-refractivity contribution in [3.8, 4) is 0 Å². The number of amides is 1. The van der Waals surface area contributed by atoms with Gasteiger partial charge >= 0.3 is 0 Å². The van der Waals surface area contributed by atoms with Crippen LogP contribution in [0.2, 0.25) is 10.0 Å². The zero-order valence-corrected chi connectivity index (χ0v) is 17.8. The molecule has 0 aliphatic carbocycles. The number of benzene rings is 2. The average molecular weight is 437 g/mol. The van der Waals surface area contributed by atoms with Crippen LogP contribution in [0.5, 0.6) is 0 Å². The van der Waals surface area contributed by atoms with Gasteiger partial charge in [0.25, 0.3) is 11.6 Å². The number of likely N-dealkylation sites (N-methyl/N-ethyl adjacent to an activating group) is 1. The van der Waals surface area contributed by atoms with E-state index in [1.54, 1.807) is 37.4 Å². The molecule has 0 bridgehead atoms. The van der Waals surface area contributed by atoms with Gasteiger partial charge in [0.1, 0.15) is 5.69 Å². The maximum absolute atomic E-state index is 12.8. The molecule has 1 amide bonds. The Morgan fingerprint density at radius 3 is 2.45 bits per heavy atom. The first-order chi connectivity index (χ1) is 13.8. The summed E-state index contributed by atoms with van der Waals surface area (Å²) in [6, 6.07) is 9.75. The van der Waals surface area contributed by atoms with E-state index in [1.165, 1.54) is 11.0 Å². The molecule has 0 N–H and O–H groups in total. The van der Waals surface area contributed by atoms with Crippen molar-refractivity contribution in [3.63, 3.8) is 0 Å². The van der Waals surface area contributed by atoms with Gasteiger partial charge in [-0.1, -0.05) is 29.3 Å². The van der Waals surface area contributed by atoms with Crippen LogP contribution < -0.4 is 4.90 Å². The first kappa shape index (κ1) is 21.4. The Balaban J connectivity index is 1.81. The van der Waals surface area contributed by atoms with Gasteiger partial charge in [-0.05, 0) is 36.9 Å². The molecule has 2 aromatic carbocycles. The predicted octanol–water partition coefficient (Wildman–Crippen LogP) is 3.93. The number of piperazine rings is 1. The van der Waals surface area contributed by atoms with Crippen molar-refractivity contribution >= 4 is 40.5 Å². The van der Waals surface area contributed by atoms with E-state index in [0.717, 1.165) is 18.7 Å². The SMILES string of the molecule is CN1CCN(c2ccc(C(=O)N(C)Cc3ccc(Cl)cc3Cl)cc2[N+](=O)[O-])CC1. The lowest BCUT2D eigenvalue weighted by Crippen LogP contribution is -2.44. The number of nitro benzene ring substituents is 1. The summed E-state index contributed by atoms with van der Waals surface area (Å²) < 4.78 is 0. The summed E-state index contributed by atoms with van der Waals surface area (Å²) in [6.07, 6.45) is 0. The van der Waals surface area contributed by atoms with E-state index in [4.69, 9.17) is 23.2 Å². The quantitative estimate of drug-likeness (QED) is 0.524. The molecule has 154 valence electrons. The smallest absolute Gasteiger partial charge is 0.293 e. The lowest BCUT2D eigenvalue weighted by Gasteiger charge is -2.33. The largest absolute Gasteiger partial charge is 0.363 e. The van der Waals surface area contributed by atoms with Gasteiger partial charge in [-0.25, -0.2) is 0 Å². The molecular formula is C20H22Cl2N4O3. The maximum Gasteiger partial charge on any atom is 0.293 e. The van der Waals surface area contributed by atoms with Gasteiger partial charge in [-0.15, -0.1) is 0 Å². The van der Waals surface area contributed by atoms with Crippen molar-refractivity contribution in [2.75, 3.05) is 45.2 Å². The number of carbonyl (C=O) groups excluding carboxylic acids is 1. The third kappa shape index (κ3) is 4.98. The number of rotatable bonds is 5. The van der Waals surface area contributed by atoms with E-state index >= 15 is 0 Å². The first-order valence-electron chi connectivity index (χ1n) is 9.17.